The number of carbonyl (C=O) groups excluding carboxylic acids is 1. The summed E-state index contributed by atoms with van der Waals surface area (Å²) in [6.07, 6.45) is 1.68. The average molecular weight is 386 g/mol. The largest absolute Gasteiger partial charge is 0.372 e. The first-order valence-electron chi connectivity index (χ1n) is 10.0. The molecule has 3 rings (SSSR count). The van der Waals surface area contributed by atoms with Gasteiger partial charge < -0.3 is 4.90 Å². The van der Waals surface area contributed by atoms with Crippen molar-refractivity contribution in [1.29, 1.82) is 0 Å². The van der Waals surface area contributed by atoms with Gasteiger partial charge in [-0.25, -0.2) is 5.43 Å². The van der Waals surface area contributed by atoms with E-state index < -0.39 is 5.92 Å². The Morgan fingerprint density at radius 2 is 1.38 bits per heavy atom. The number of hydrogen-bond acceptors (Lipinski definition) is 3. The van der Waals surface area contributed by atoms with Crippen molar-refractivity contribution >= 4 is 17.8 Å². The van der Waals surface area contributed by atoms with Crippen LogP contribution in [0, 0.1) is 0 Å². The van der Waals surface area contributed by atoms with Crippen LogP contribution in [0.3, 0.4) is 0 Å². The SMILES string of the molecule is CCN(CC)c1ccc(C=NNC(=O)C(c2ccccc2)c2ccccc2)cc1. The number of benzene rings is 3. The minimum absolute atomic E-state index is 0.154. The van der Waals surface area contributed by atoms with Crippen molar-refractivity contribution < 1.29 is 4.79 Å². The molecule has 0 atom stereocenters. The van der Waals surface area contributed by atoms with Crippen LogP contribution >= 0.6 is 0 Å². The third-order valence-corrected chi connectivity index (χ3v) is 4.94. The molecule has 0 heterocycles. The maximum Gasteiger partial charge on any atom is 0.252 e. The maximum absolute atomic E-state index is 12.9. The molecule has 0 aliphatic carbocycles. The number of hydrogen-bond donors (Lipinski definition) is 1. The first-order chi connectivity index (χ1) is 14.2. The van der Waals surface area contributed by atoms with Gasteiger partial charge in [0.2, 0.25) is 0 Å². The summed E-state index contributed by atoms with van der Waals surface area (Å²) in [7, 11) is 0. The highest BCUT2D eigenvalue weighted by Gasteiger charge is 2.22. The van der Waals surface area contributed by atoms with Gasteiger partial charge in [0, 0.05) is 18.8 Å². The molecule has 4 nitrogen and oxygen atoms in total. The number of amides is 1. The Labute approximate surface area is 172 Å². The minimum atomic E-state index is -0.403. The molecule has 0 aromatic heterocycles. The first-order valence-corrected chi connectivity index (χ1v) is 10.0. The van der Waals surface area contributed by atoms with Crippen LogP contribution in [-0.2, 0) is 4.79 Å². The van der Waals surface area contributed by atoms with Crippen LogP contribution < -0.4 is 10.3 Å². The summed E-state index contributed by atoms with van der Waals surface area (Å²) in [5.41, 5.74) is 6.71. The number of rotatable bonds is 8. The van der Waals surface area contributed by atoms with Gasteiger partial charge in [0.1, 0.15) is 0 Å². The number of nitrogens with one attached hydrogen (secondary N) is 1. The van der Waals surface area contributed by atoms with E-state index in [0.717, 1.165) is 29.8 Å². The van der Waals surface area contributed by atoms with E-state index in [0.29, 0.717) is 0 Å². The fraction of sp³-hybridized carbons (Fsp3) is 0.200. The summed E-state index contributed by atoms with van der Waals surface area (Å²) in [5, 5.41) is 4.19. The van der Waals surface area contributed by atoms with Crippen molar-refractivity contribution in [3.8, 4) is 0 Å². The molecule has 148 valence electrons. The highest BCUT2D eigenvalue weighted by atomic mass is 16.2. The van der Waals surface area contributed by atoms with Crippen LogP contribution in [-0.4, -0.2) is 25.2 Å². The van der Waals surface area contributed by atoms with Crippen molar-refractivity contribution in [3.63, 3.8) is 0 Å². The van der Waals surface area contributed by atoms with Gasteiger partial charge in [-0.15, -0.1) is 0 Å². The van der Waals surface area contributed by atoms with Crippen LogP contribution in [0.2, 0.25) is 0 Å². The highest BCUT2D eigenvalue weighted by Crippen LogP contribution is 2.24. The Morgan fingerprint density at radius 3 is 1.86 bits per heavy atom. The number of hydrazone groups is 1. The molecule has 0 spiro atoms. The lowest BCUT2D eigenvalue weighted by molar-refractivity contribution is -0.121. The first kappa shape index (κ1) is 20.3. The van der Waals surface area contributed by atoms with Gasteiger partial charge in [-0.1, -0.05) is 72.8 Å². The summed E-state index contributed by atoms with van der Waals surface area (Å²) >= 11 is 0. The number of nitrogens with zero attached hydrogens (tertiary/aromatic N) is 2. The van der Waals surface area contributed by atoms with Crippen molar-refractivity contribution in [1.82, 2.24) is 5.43 Å². The van der Waals surface area contributed by atoms with Crippen molar-refractivity contribution in [2.24, 2.45) is 5.10 Å². The van der Waals surface area contributed by atoms with E-state index in [2.05, 4.69) is 41.4 Å². The second kappa shape index (κ2) is 10.2. The van der Waals surface area contributed by atoms with Crippen molar-refractivity contribution in [2.45, 2.75) is 19.8 Å². The quantitative estimate of drug-likeness (QED) is 0.446. The van der Waals surface area contributed by atoms with Gasteiger partial charge in [-0.05, 0) is 42.7 Å². The molecule has 0 aliphatic rings. The Hall–Kier alpha value is -3.40. The lowest BCUT2D eigenvalue weighted by Crippen LogP contribution is -2.26. The molecular weight excluding hydrogens is 358 g/mol. The summed E-state index contributed by atoms with van der Waals surface area (Å²) in [6.45, 7) is 6.23. The van der Waals surface area contributed by atoms with E-state index in [4.69, 9.17) is 0 Å². The van der Waals surface area contributed by atoms with E-state index in [-0.39, 0.29) is 5.91 Å². The summed E-state index contributed by atoms with van der Waals surface area (Å²) in [6, 6.07) is 27.7. The molecule has 4 heteroatoms. The van der Waals surface area contributed by atoms with Crippen LogP contribution in [0.5, 0.6) is 0 Å². The standard InChI is InChI=1S/C25H27N3O/c1-3-28(4-2)23-17-15-20(16-18-23)19-26-27-25(29)24(21-11-7-5-8-12-21)22-13-9-6-10-14-22/h5-19,24H,3-4H2,1-2H3,(H,27,29). The molecule has 0 unspecified atom stereocenters. The predicted octanol–water partition coefficient (Wildman–Crippen LogP) is 4.82. The van der Waals surface area contributed by atoms with Gasteiger partial charge in [0.05, 0.1) is 12.1 Å². The Morgan fingerprint density at radius 1 is 0.862 bits per heavy atom. The van der Waals surface area contributed by atoms with Gasteiger partial charge in [0.25, 0.3) is 5.91 Å². The monoisotopic (exact) mass is 385 g/mol. The van der Waals surface area contributed by atoms with Crippen LogP contribution in [0.4, 0.5) is 5.69 Å². The van der Waals surface area contributed by atoms with Gasteiger partial charge in [0.15, 0.2) is 0 Å². The molecule has 0 saturated heterocycles. The Balaban J connectivity index is 1.72. The third-order valence-electron chi connectivity index (χ3n) is 4.94. The minimum Gasteiger partial charge on any atom is -0.372 e. The zero-order valence-corrected chi connectivity index (χ0v) is 17.0. The maximum atomic E-state index is 12.9. The van der Waals surface area contributed by atoms with E-state index in [1.807, 2.05) is 72.8 Å². The molecule has 0 bridgehead atoms. The van der Waals surface area contributed by atoms with E-state index in [1.54, 1.807) is 6.21 Å². The van der Waals surface area contributed by atoms with Gasteiger partial charge in [-0.2, -0.15) is 5.10 Å². The highest BCUT2D eigenvalue weighted by molar-refractivity contribution is 5.88. The van der Waals surface area contributed by atoms with Crippen LogP contribution in [0.25, 0.3) is 0 Å². The Bertz CT molecular complexity index is 878. The lowest BCUT2D eigenvalue weighted by atomic mass is 9.91. The average Bonchev–Trinajstić information content (AvgIpc) is 2.77. The smallest absolute Gasteiger partial charge is 0.252 e. The van der Waals surface area contributed by atoms with Crippen molar-refractivity contribution in [2.75, 3.05) is 18.0 Å². The summed E-state index contributed by atoms with van der Waals surface area (Å²) < 4.78 is 0. The van der Waals surface area contributed by atoms with E-state index >= 15 is 0 Å². The molecule has 3 aromatic rings. The zero-order chi connectivity index (χ0) is 20.5. The zero-order valence-electron chi connectivity index (χ0n) is 17.0. The topological polar surface area (TPSA) is 44.7 Å². The summed E-state index contributed by atoms with van der Waals surface area (Å²) in [5.74, 6) is -0.557. The molecule has 29 heavy (non-hydrogen) atoms. The molecule has 1 amide bonds. The van der Waals surface area contributed by atoms with Gasteiger partial charge in [-0.3, -0.25) is 4.79 Å². The lowest BCUT2D eigenvalue weighted by Gasteiger charge is -2.20. The fourth-order valence-corrected chi connectivity index (χ4v) is 3.38. The normalized spacial score (nSPS) is 11.0. The molecule has 0 aliphatic heterocycles. The number of carbonyl (C=O) groups is 1. The third kappa shape index (κ3) is 5.32. The predicted molar refractivity (Wildman–Crippen MR) is 120 cm³/mol. The van der Waals surface area contributed by atoms with Crippen LogP contribution in [0.15, 0.2) is 90.0 Å². The van der Waals surface area contributed by atoms with Crippen molar-refractivity contribution in [3.05, 3.63) is 102 Å². The number of anilines is 1. The van der Waals surface area contributed by atoms with Gasteiger partial charge >= 0.3 is 0 Å². The second-order valence-corrected chi connectivity index (χ2v) is 6.75. The molecule has 3 aromatic carbocycles. The molecule has 0 radical (unpaired) electrons. The second-order valence-electron chi connectivity index (χ2n) is 6.75. The molecule has 1 N–H and O–H groups in total. The molecule has 0 saturated carbocycles. The fourth-order valence-electron chi connectivity index (χ4n) is 3.38. The van der Waals surface area contributed by atoms with E-state index in [9.17, 15) is 4.79 Å². The van der Waals surface area contributed by atoms with E-state index in [1.165, 1.54) is 5.69 Å². The Kier molecular flexibility index (Phi) is 7.17. The summed E-state index contributed by atoms with van der Waals surface area (Å²) in [4.78, 5) is 15.2. The van der Waals surface area contributed by atoms with Crippen LogP contribution in [0.1, 0.15) is 36.5 Å². The molecule has 0 fully saturated rings. The molecular formula is C25H27N3O.